The highest BCUT2D eigenvalue weighted by Crippen LogP contribution is 2.42. The van der Waals surface area contributed by atoms with Crippen LogP contribution in [-0.4, -0.2) is 58.9 Å². The third-order valence-corrected chi connectivity index (χ3v) is 9.54. The van der Waals surface area contributed by atoms with Crippen LogP contribution in [0.3, 0.4) is 0 Å². The smallest absolute Gasteiger partial charge is 0.0786 e. The molecule has 0 saturated carbocycles. The molecule has 5 heteroatoms. The molecule has 4 fully saturated rings. The summed E-state index contributed by atoms with van der Waals surface area (Å²) < 4.78 is 21.9. The van der Waals surface area contributed by atoms with Gasteiger partial charge in [0, 0.05) is 0 Å². The molecular weight excluding hydrogens is 236 g/mol. The van der Waals surface area contributed by atoms with E-state index in [-0.39, 0.29) is 0 Å². The number of ether oxygens (including phenoxy) is 4. The van der Waals surface area contributed by atoms with Gasteiger partial charge in [0.2, 0.25) is 0 Å². The van der Waals surface area contributed by atoms with Crippen LogP contribution in [-0.2, 0) is 18.9 Å². The topological polar surface area (TPSA) is 50.1 Å². The lowest BCUT2D eigenvalue weighted by Gasteiger charge is -2.30. The molecule has 4 unspecified atom stereocenters. The fraction of sp³-hybridized carbons (Fsp3) is 1.00. The molecule has 17 heavy (non-hydrogen) atoms. The monoisotopic (exact) mass is 256 g/mol. The largest absolute Gasteiger partial charge is 0.373 e. The van der Waals surface area contributed by atoms with Gasteiger partial charge >= 0.3 is 0 Å². The predicted octanol–water partition coefficient (Wildman–Crippen LogP) is 1.03. The molecule has 0 aliphatic carbocycles. The molecule has 4 aliphatic heterocycles. The van der Waals surface area contributed by atoms with Crippen molar-refractivity contribution >= 4 is 8.07 Å². The van der Waals surface area contributed by atoms with Crippen LogP contribution in [0, 0.1) is 0 Å². The van der Waals surface area contributed by atoms with E-state index in [1.54, 1.807) is 0 Å². The van der Waals surface area contributed by atoms with Gasteiger partial charge in [-0.15, -0.1) is 0 Å². The lowest BCUT2D eigenvalue weighted by molar-refractivity contribution is 0.399. The Morgan fingerprint density at radius 2 is 0.824 bits per heavy atom. The highest BCUT2D eigenvalue weighted by molar-refractivity contribution is 6.80. The summed E-state index contributed by atoms with van der Waals surface area (Å²) in [6, 6.07) is 5.25. The van der Waals surface area contributed by atoms with Gasteiger partial charge in [-0.2, -0.15) is 0 Å². The number of epoxide rings is 4. The van der Waals surface area contributed by atoms with Crippen molar-refractivity contribution < 1.29 is 18.9 Å². The Hall–Kier alpha value is 0.0569. The standard InChI is InChI=1S/C12H20O4Si/c1-9(13-1)5-17(6-10-2-14-10,7-11-3-15-11)8-12-4-16-12/h9-12H,1-8H2. The zero-order valence-electron chi connectivity index (χ0n) is 10.1. The molecule has 96 valence electrons. The van der Waals surface area contributed by atoms with E-state index < -0.39 is 8.07 Å². The van der Waals surface area contributed by atoms with Crippen molar-refractivity contribution in [1.82, 2.24) is 0 Å². The quantitative estimate of drug-likeness (QED) is 0.481. The normalized spacial score (nSPS) is 45.2. The average Bonchev–Trinajstić information content (AvgIpc) is 3.12. The van der Waals surface area contributed by atoms with Gasteiger partial charge in [0.25, 0.3) is 0 Å². The lowest BCUT2D eigenvalue weighted by Crippen LogP contribution is -2.40. The molecule has 0 amide bonds. The number of hydrogen-bond donors (Lipinski definition) is 0. The van der Waals surface area contributed by atoms with Crippen LogP contribution >= 0.6 is 0 Å². The van der Waals surface area contributed by atoms with Crippen molar-refractivity contribution in [2.75, 3.05) is 26.4 Å². The minimum Gasteiger partial charge on any atom is -0.373 e. The van der Waals surface area contributed by atoms with Gasteiger partial charge in [0.05, 0.1) is 58.9 Å². The molecule has 4 rings (SSSR count). The lowest BCUT2D eigenvalue weighted by atomic mass is 10.5. The second-order valence-corrected chi connectivity index (χ2v) is 10.8. The van der Waals surface area contributed by atoms with Crippen LogP contribution in [0.2, 0.25) is 24.2 Å². The summed E-state index contributed by atoms with van der Waals surface area (Å²) in [7, 11) is -1.30. The van der Waals surface area contributed by atoms with E-state index in [4.69, 9.17) is 18.9 Å². The van der Waals surface area contributed by atoms with E-state index in [9.17, 15) is 0 Å². The highest BCUT2D eigenvalue weighted by Gasteiger charge is 2.49. The minimum absolute atomic E-state index is 0.554. The van der Waals surface area contributed by atoms with Crippen LogP contribution < -0.4 is 0 Å². The molecule has 4 nitrogen and oxygen atoms in total. The van der Waals surface area contributed by atoms with Gasteiger partial charge in [-0.1, -0.05) is 0 Å². The summed E-state index contributed by atoms with van der Waals surface area (Å²) >= 11 is 0. The van der Waals surface area contributed by atoms with E-state index in [1.165, 1.54) is 24.2 Å². The van der Waals surface area contributed by atoms with Crippen molar-refractivity contribution in [1.29, 1.82) is 0 Å². The summed E-state index contributed by atoms with van der Waals surface area (Å²) in [6.45, 7) is 3.93. The SMILES string of the molecule is C1OC1C[Si](CC1CO1)(CC1CO1)CC1CO1. The van der Waals surface area contributed by atoms with E-state index in [2.05, 4.69) is 0 Å². The summed E-state index contributed by atoms with van der Waals surface area (Å²) in [5, 5.41) is 0. The molecule has 0 aromatic heterocycles. The predicted molar refractivity (Wildman–Crippen MR) is 63.9 cm³/mol. The Balaban J connectivity index is 1.46. The fourth-order valence-electron chi connectivity index (χ4n) is 3.18. The zero-order chi connectivity index (χ0) is 11.3. The number of hydrogen-bond acceptors (Lipinski definition) is 4. The van der Waals surface area contributed by atoms with E-state index in [1.807, 2.05) is 0 Å². The van der Waals surface area contributed by atoms with E-state index in [0.29, 0.717) is 24.4 Å². The van der Waals surface area contributed by atoms with Crippen molar-refractivity contribution in [2.24, 2.45) is 0 Å². The van der Waals surface area contributed by atoms with Crippen LogP contribution in [0.5, 0.6) is 0 Å². The Bertz CT molecular complexity index is 233. The van der Waals surface area contributed by atoms with Crippen molar-refractivity contribution in [2.45, 2.75) is 48.6 Å². The number of rotatable bonds is 8. The van der Waals surface area contributed by atoms with Crippen LogP contribution in [0.25, 0.3) is 0 Å². The molecular formula is C12H20O4Si. The summed E-state index contributed by atoms with van der Waals surface area (Å²) in [6.07, 6.45) is 2.21. The van der Waals surface area contributed by atoms with Crippen molar-refractivity contribution in [3.63, 3.8) is 0 Å². The second kappa shape index (κ2) is 4.03. The minimum atomic E-state index is -1.30. The molecule has 4 atom stereocenters. The first-order valence-corrected chi connectivity index (χ1v) is 9.61. The Labute approximate surface area is 103 Å². The van der Waals surface area contributed by atoms with E-state index in [0.717, 1.165) is 26.4 Å². The second-order valence-electron chi connectivity index (χ2n) is 6.14. The van der Waals surface area contributed by atoms with E-state index >= 15 is 0 Å². The van der Waals surface area contributed by atoms with Crippen LogP contribution in [0.15, 0.2) is 0 Å². The van der Waals surface area contributed by atoms with Gasteiger partial charge in [0.15, 0.2) is 0 Å². The Morgan fingerprint density at radius 3 is 1.00 bits per heavy atom. The first-order valence-electron chi connectivity index (χ1n) is 6.78. The maximum Gasteiger partial charge on any atom is 0.0786 e. The first kappa shape index (κ1) is 10.9. The molecule has 0 aromatic carbocycles. The third kappa shape index (κ3) is 3.09. The molecule has 4 heterocycles. The summed E-state index contributed by atoms with van der Waals surface area (Å²) in [4.78, 5) is 0. The maximum absolute atomic E-state index is 5.48. The third-order valence-electron chi connectivity index (χ3n) is 4.25. The molecule has 0 radical (unpaired) electrons. The molecule has 0 N–H and O–H groups in total. The van der Waals surface area contributed by atoms with Gasteiger partial charge in [0.1, 0.15) is 0 Å². The molecule has 4 aliphatic rings. The Kier molecular flexibility index (Phi) is 2.59. The van der Waals surface area contributed by atoms with Crippen molar-refractivity contribution in [3.05, 3.63) is 0 Å². The van der Waals surface area contributed by atoms with Crippen LogP contribution in [0.1, 0.15) is 0 Å². The zero-order valence-corrected chi connectivity index (χ0v) is 11.1. The first-order chi connectivity index (χ1) is 8.31. The molecule has 0 bridgehead atoms. The van der Waals surface area contributed by atoms with Gasteiger partial charge in [-0.25, -0.2) is 0 Å². The van der Waals surface area contributed by atoms with Crippen molar-refractivity contribution in [3.8, 4) is 0 Å². The maximum atomic E-state index is 5.48. The summed E-state index contributed by atoms with van der Waals surface area (Å²) in [5.74, 6) is 0. The average molecular weight is 256 g/mol. The fourth-order valence-corrected chi connectivity index (χ4v) is 8.98. The molecule has 0 spiro atoms. The molecule has 0 aromatic rings. The van der Waals surface area contributed by atoms with Gasteiger partial charge in [-0.05, 0) is 24.2 Å². The Morgan fingerprint density at radius 1 is 0.588 bits per heavy atom. The molecule has 4 saturated heterocycles. The van der Waals surface area contributed by atoms with Gasteiger partial charge in [-0.3, -0.25) is 0 Å². The highest BCUT2D eigenvalue weighted by atomic mass is 28.3. The van der Waals surface area contributed by atoms with Gasteiger partial charge < -0.3 is 18.9 Å². The summed E-state index contributed by atoms with van der Waals surface area (Å²) in [5.41, 5.74) is 0. The van der Waals surface area contributed by atoms with Crippen LogP contribution in [0.4, 0.5) is 0 Å².